The lowest BCUT2D eigenvalue weighted by atomic mass is 9.77. The van der Waals surface area contributed by atoms with Crippen LogP contribution in [0.25, 0.3) is 0 Å². The van der Waals surface area contributed by atoms with Crippen molar-refractivity contribution in [3.05, 3.63) is 41.5 Å². The van der Waals surface area contributed by atoms with Crippen LogP contribution in [0, 0.1) is 24.7 Å². The van der Waals surface area contributed by atoms with E-state index in [1.54, 1.807) is 6.20 Å². The molecule has 2 aliphatic carbocycles. The van der Waals surface area contributed by atoms with Crippen LogP contribution in [0.4, 0.5) is 0 Å². The highest BCUT2D eigenvalue weighted by Crippen LogP contribution is 2.43. The molecule has 3 aliphatic rings. The van der Waals surface area contributed by atoms with E-state index in [-0.39, 0.29) is 18.1 Å². The predicted molar refractivity (Wildman–Crippen MR) is 117 cm³/mol. The number of hydrogen-bond acceptors (Lipinski definition) is 5. The summed E-state index contributed by atoms with van der Waals surface area (Å²) in [4.78, 5) is 19.4. The molecule has 166 valence electrons. The summed E-state index contributed by atoms with van der Waals surface area (Å²) in [5.41, 5.74) is 2.68. The van der Waals surface area contributed by atoms with Gasteiger partial charge < -0.3 is 9.64 Å². The van der Waals surface area contributed by atoms with E-state index in [1.807, 2.05) is 24.0 Å². The average molecular weight is 424 g/mol. The highest BCUT2D eigenvalue weighted by Gasteiger charge is 2.45. The minimum atomic E-state index is 0.123. The quantitative estimate of drug-likeness (QED) is 0.682. The summed E-state index contributed by atoms with van der Waals surface area (Å²) < 4.78 is 8.50. The van der Waals surface area contributed by atoms with E-state index >= 15 is 0 Å². The number of carbonyl (C=O) groups is 1. The molecular formula is C24H33N5O2. The topological polar surface area (TPSA) is 73.1 Å². The van der Waals surface area contributed by atoms with E-state index in [0.29, 0.717) is 11.8 Å². The standard InChI is InChI=1S/C24H33N5O2/c1-3-4-21-14-29(27-26-21)22-10-19-12-28(24(30)18-7-8-25-16(2)9-18)13-20(19)11-23(22)31-15-17-5-6-17/h7-9,14,17,19-20,22-23H,3-6,10-13,15H2,1-2H3/t19-,20+,22-,23-/m1/s1. The van der Waals surface area contributed by atoms with Crippen LogP contribution in [0.3, 0.4) is 0 Å². The van der Waals surface area contributed by atoms with Crippen molar-refractivity contribution >= 4 is 5.91 Å². The summed E-state index contributed by atoms with van der Waals surface area (Å²) in [6.45, 7) is 6.58. The van der Waals surface area contributed by atoms with Crippen LogP contribution in [-0.4, -0.2) is 56.6 Å². The summed E-state index contributed by atoms with van der Waals surface area (Å²) in [7, 11) is 0. The van der Waals surface area contributed by atoms with Crippen molar-refractivity contribution in [2.75, 3.05) is 19.7 Å². The molecule has 0 bridgehead atoms. The minimum absolute atomic E-state index is 0.123. The Morgan fingerprint density at radius 2 is 2.03 bits per heavy atom. The number of hydrogen-bond donors (Lipinski definition) is 0. The molecule has 5 rings (SSSR count). The molecule has 1 amide bonds. The third kappa shape index (κ3) is 4.52. The van der Waals surface area contributed by atoms with Gasteiger partial charge in [-0.25, -0.2) is 4.68 Å². The lowest BCUT2D eigenvalue weighted by molar-refractivity contribution is -0.0375. The van der Waals surface area contributed by atoms with Crippen LogP contribution < -0.4 is 0 Å². The van der Waals surface area contributed by atoms with E-state index in [2.05, 4.69) is 33.1 Å². The van der Waals surface area contributed by atoms with Gasteiger partial charge in [0, 0.05) is 43.3 Å². The largest absolute Gasteiger partial charge is 0.376 e. The molecule has 7 heteroatoms. The first kappa shape index (κ1) is 20.6. The maximum absolute atomic E-state index is 13.1. The number of rotatable bonds is 7. The Kier molecular flexibility index (Phi) is 5.78. The van der Waals surface area contributed by atoms with Crippen molar-refractivity contribution in [2.24, 2.45) is 17.8 Å². The molecule has 31 heavy (non-hydrogen) atoms. The molecule has 0 N–H and O–H groups in total. The van der Waals surface area contributed by atoms with Gasteiger partial charge in [-0.3, -0.25) is 9.78 Å². The van der Waals surface area contributed by atoms with Crippen molar-refractivity contribution in [1.82, 2.24) is 24.9 Å². The summed E-state index contributed by atoms with van der Waals surface area (Å²) in [5.74, 6) is 1.83. The van der Waals surface area contributed by atoms with Crippen LogP contribution in [0.5, 0.6) is 0 Å². The molecule has 1 saturated heterocycles. The summed E-state index contributed by atoms with van der Waals surface area (Å²) in [6, 6.07) is 3.92. The second kappa shape index (κ2) is 8.69. The number of aryl methyl sites for hydroxylation is 2. The molecule has 2 aromatic heterocycles. The van der Waals surface area contributed by atoms with Crippen LogP contribution in [-0.2, 0) is 11.2 Å². The lowest BCUT2D eigenvalue weighted by Gasteiger charge is -2.37. The average Bonchev–Trinajstić information content (AvgIpc) is 3.32. The second-order valence-electron chi connectivity index (χ2n) is 9.71. The molecule has 0 spiro atoms. The normalized spacial score (nSPS) is 28.0. The van der Waals surface area contributed by atoms with Crippen LogP contribution in [0.1, 0.15) is 66.8 Å². The maximum Gasteiger partial charge on any atom is 0.253 e. The zero-order valence-corrected chi connectivity index (χ0v) is 18.6. The molecule has 7 nitrogen and oxygen atoms in total. The van der Waals surface area contributed by atoms with Crippen LogP contribution >= 0.6 is 0 Å². The number of likely N-dealkylation sites (tertiary alicyclic amines) is 1. The van der Waals surface area contributed by atoms with E-state index in [9.17, 15) is 4.79 Å². The number of carbonyl (C=O) groups excluding carboxylic acids is 1. The first-order valence-corrected chi connectivity index (χ1v) is 11.8. The van der Waals surface area contributed by atoms with Crippen molar-refractivity contribution in [2.45, 2.75) is 64.5 Å². The third-order valence-corrected chi connectivity index (χ3v) is 7.16. The van der Waals surface area contributed by atoms with Gasteiger partial charge >= 0.3 is 0 Å². The van der Waals surface area contributed by atoms with Gasteiger partial charge in [0.15, 0.2) is 0 Å². The van der Waals surface area contributed by atoms with Crippen molar-refractivity contribution in [3.63, 3.8) is 0 Å². The number of fused-ring (bicyclic) bond motifs is 1. The SMILES string of the molecule is CCCc1cn([C@@H]2C[C@@H]3CN(C(=O)c4ccnc(C)c4)C[C@@H]3C[C@H]2OCC2CC2)nn1. The summed E-state index contributed by atoms with van der Waals surface area (Å²) in [5, 5.41) is 8.86. The van der Waals surface area contributed by atoms with Crippen molar-refractivity contribution < 1.29 is 9.53 Å². The highest BCUT2D eigenvalue weighted by molar-refractivity contribution is 5.94. The third-order valence-electron chi connectivity index (χ3n) is 7.16. The van der Waals surface area contributed by atoms with Gasteiger partial charge in [-0.05, 0) is 68.9 Å². The predicted octanol–water partition coefficient (Wildman–Crippen LogP) is 3.45. The zero-order chi connectivity index (χ0) is 21.4. The smallest absolute Gasteiger partial charge is 0.253 e. The van der Waals surface area contributed by atoms with E-state index in [4.69, 9.17) is 4.74 Å². The number of aromatic nitrogens is 4. The maximum atomic E-state index is 13.1. The molecule has 4 atom stereocenters. The molecule has 0 unspecified atom stereocenters. The Labute approximate surface area is 184 Å². The van der Waals surface area contributed by atoms with Gasteiger partial charge in [0.2, 0.25) is 0 Å². The zero-order valence-electron chi connectivity index (χ0n) is 18.6. The van der Waals surface area contributed by atoms with E-state index < -0.39 is 0 Å². The summed E-state index contributed by atoms with van der Waals surface area (Å²) in [6.07, 6.45) is 10.6. The number of amides is 1. The van der Waals surface area contributed by atoms with Crippen molar-refractivity contribution in [1.29, 1.82) is 0 Å². The monoisotopic (exact) mass is 423 g/mol. The molecule has 2 saturated carbocycles. The Bertz CT molecular complexity index is 924. The Morgan fingerprint density at radius 3 is 2.77 bits per heavy atom. The van der Waals surface area contributed by atoms with Gasteiger partial charge in [-0.1, -0.05) is 18.6 Å². The number of nitrogens with zero attached hydrogens (tertiary/aromatic N) is 5. The van der Waals surface area contributed by atoms with Gasteiger partial charge in [0.1, 0.15) is 0 Å². The minimum Gasteiger partial charge on any atom is -0.376 e. The van der Waals surface area contributed by atoms with Crippen molar-refractivity contribution in [3.8, 4) is 0 Å². The van der Waals surface area contributed by atoms with Crippen LogP contribution in [0.2, 0.25) is 0 Å². The van der Waals surface area contributed by atoms with Gasteiger partial charge in [-0.2, -0.15) is 0 Å². The molecule has 1 aliphatic heterocycles. The molecule has 2 aromatic rings. The Hall–Kier alpha value is -2.28. The van der Waals surface area contributed by atoms with E-state index in [1.165, 1.54) is 12.8 Å². The van der Waals surface area contributed by atoms with Crippen LogP contribution in [0.15, 0.2) is 24.5 Å². The Morgan fingerprint density at radius 1 is 1.23 bits per heavy atom. The fourth-order valence-electron chi connectivity index (χ4n) is 5.27. The first-order valence-electron chi connectivity index (χ1n) is 11.8. The fourth-order valence-corrected chi connectivity index (χ4v) is 5.27. The number of ether oxygens (including phenoxy) is 1. The Balaban J connectivity index is 1.31. The van der Waals surface area contributed by atoms with Gasteiger partial charge in [0.25, 0.3) is 5.91 Å². The molecular weight excluding hydrogens is 390 g/mol. The van der Waals surface area contributed by atoms with Gasteiger partial charge in [-0.15, -0.1) is 5.10 Å². The first-order chi connectivity index (χ1) is 15.1. The summed E-state index contributed by atoms with van der Waals surface area (Å²) >= 11 is 0. The number of pyridine rings is 1. The molecule has 0 radical (unpaired) electrons. The lowest BCUT2D eigenvalue weighted by Crippen LogP contribution is -2.38. The second-order valence-corrected chi connectivity index (χ2v) is 9.71. The highest BCUT2D eigenvalue weighted by atomic mass is 16.5. The molecule has 3 fully saturated rings. The van der Waals surface area contributed by atoms with Gasteiger partial charge in [0.05, 0.1) is 17.8 Å². The van der Waals surface area contributed by atoms with E-state index in [0.717, 1.165) is 68.2 Å². The molecule has 3 heterocycles. The molecule has 0 aromatic carbocycles. The fraction of sp³-hybridized carbons (Fsp3) is 0.667.